The van der Waals surface area contributed by atoms with Gasteiger partial charge in [0.15, 0.2) is 0 Å². The Morgan fingerprint density at radius 1 is 0.857 bits per heavy atom. The second kappa shape index (κ2) is 21.7. The maximum absolute atomic E-state index is 12.4. The van der Waals surface area contributed by atoms with E-state index in [1.165, 1.54) is 70.6 Å². The van der Waals surface area contributed by atoms with Gasteiger partial charge in [-0.05, 0) is 44.5 Å². The molecule has 5 nitrogen and oxygen atoms in total. The number of rotatable bonds is 21. The van der Waals surface area contributed by atoms with Gasteiger partial charge in [-0.25, -0.2) is 0 Å². The van der Waals surface area contributed by atoms with E-state index in [0.29, 0.717) is 24.5 Å². The molecule has 0 aromatic heterocycles. The van der Waals surface area contributed by atoms with Crippen molar-refractivity contribution in [3.8, 4) is 0 Å². The second-order valence-corrected chi connectivity index (χ2v) is 9.86. The summed E-state index contributed by atoms with van der Waals surface area (Å²) in [6.07, 6.45) is 25.9. The lowest BCUT2D eigenvalue weighted by atomic mass is 10.0. The zero-order valence-electron chi connectivity index (χ0n) is 22.3. The molecule has 0 aromatic carbocycles. The predicted octanol–water partition coefficient (Wildman–Crippen LogP) is 7.42. The molecule has 1 amide bonds. The Labute approximate surface area is 219 Å². The van der Waals surface area contributed by atoms with Crippen LogP contribution in [-0.2, 0) is 14.3 Å². The summed E-state index contributed by atoms with van der Waals surface area (Å²) in [6.45, 7) is 4.06. The Hall–Kier alpha value is -1.59. The minimum absolute atomic E-state index is 0.0510. The van der Waals surface area contributed by atoms with Gasteiger partial charge in [-0.15, -0.1) is 0 Å². The fourth-order valence-corrected chi connectivity index (χ4v) is 4.34. The number of esters is 1. The molecular formula is C29H49ClN2O3. The molecule has 1 aliphatic rings. The van der Waals surface area contributed by atoms with Crippen molar-refractivity contribution in [1.29, 1.82) is 0 Å². The lowest BCUT2D eigenvalue weighted by Crippen LogP contribution is -2.29. The van der Waals surface area contributed by atoms with Crippen LogP contribution >= 0.6 is 11.6 Å². The Bertz CT molecular complexity index is 673. The number of nitrogens with one attached hydrogen (secondary N) is 1. The average Bonchev–Trinajstić information content (AvgIpc) is 3.07. The Morgan fingerprint density at radius 3 is 2.03 bits per heavy atom. The summed E-state index contributed by atoms with van der Waals surface area (Å²) in [6, 6.07) is 0. The van der Waals surface area contributed by atoms with Gasteiger partial charge < -0.3 is 15.0 Å². The van der Waals surface area contributed by atoms with E-state index in [0.717, 1.165) is 38.0 Å². The lowest BCUT2D eigenvalue weighted by molar-refractivity contribution is -0.143. The van der Waals surface area contributed by atoms with Crippen molar-refractivity contribution in [1.82, 2.24) is 10.2 Å². The quantitative estimate of drug-likeness (QED) is 0.129. The van der Waals surface area contributed by atoms with Crippen LogP contribution in [0, 0.1) is 0 Å². The van der Waals surface area contributed by atoms with E-state index in [-0.39, 0.29) is 11.9 Å². The van der Waals surface area contributed by atoms with E-state index in [1.807, 2.05) is 38.3 Å². The first-order chi connectivity index (χ1) is 17.0. The number of amides is 1. The van der Waals surface area contributed by atoms with Crippen LogP contribution in [0.4, 0.5) is 0 Å². The summed E-state index contributed by atoms with van der Waals surface area (Å²) in [5.41, 5.74) is 0.977. The number of halogens is 1. The molecule has 6 heteroatoms. The van der Waals surface area contributed by atoms with Gasteiger partial charge in [0.05, 0.1) is 6.61 Å². The highest BCUT2D eigenvalue weighted by molar-refractivity contribution is 6.31. The molecule has 0 radical (unpaired) electrons. The smallest absolute Gasteiger partial charge is 0.305 e. The second-order valence-electron chi connectivity index (χ2n) is 9.42. The van der Waals surface area contributed by atoms with Crippen LogP contribution in [0.1, 0.15) is 110 Å². The molecule has 0 spiro atoms. The molecule has 0 bridgehead atoms. The summed E-state index contributed by atoms with van der Waals surface area (Å²) in [5.74, 6) is 0.0856. The summed E-state index contributed by atoms with van der Waals surface area (Å²) >= 11 is 6.01. The molecule has 1 aliphatic carbocycles. The van der Waals surface area contributed by atoms with Gasteiger partial charge in [0, 0.05) is 43.6 Å². The fraction of sp³-hybridized carbons (Fsp3) is 0.724. The number of hydrogen-bond acceptors (Lipinski definition) is 4. The summed E-state index contributed by atoms with van der Waals surface area (Å²) in [4.78, 5) is 25.4. The van der Waals surface area contributed by atoms with E-state index in [1.54, 1.807) is 4.90 Å². The molecule has 200 valence electrons. The lowest BCUT2D eigenvalue weighted by Gasteiger charge is -2.19. The van der Waals surface area contributed by atoms with Gasteiger partial charge >= 0.3 is 5.97 Å². The maximum atomic E-state index is 12.4. The molecule has 0 saturated heterocycles. The minimum atomic E-state index is -0.0510. The van der Waals surface area contributed by atoms with Crippen LogP contribution in [0.25, 0.3) is 0 Å². The van der Waals surface area contributed by atoms with E-state index in [9.17, 15) is 9.59 Å². The molecule has 35 heavy (non-hydrogen) atoms. The highest BCUT2D eigenvalue weighted by Crippen LogP contribution is 2.17. The zero-order chi connectivity index (χ0) is 25.6. The van der Waals surface area contributed by atoms with Crippen LogP contribution in [0.2, 0.25) is 0 Å². The minimum Gasteiger partial charge on any atom is -0.466 e. The van der Waals surface area contributed by atoms with Gasteiger partial charge in [0.2, 0.25) is 5.91 Å². The van der Waals surface area contributed by atoms with Crippen molar-refractivity contribution < 1.29 is 14.3 Å². The first kappa shape index (κ1) is 31.4. The van der Waals surface area contributed by atoms with Crippen LogP contribution in [0.3, 0.4) is 0 Å². The van der Waals surface area contributed by atoms with E-state index >= 15 is 0 Å². The number of ether oxygens (including phenoxy) is 1. The van der Waals surface area contributed by atoms with Gasteiger partial charge in [-0.1, -0.05) is 88.3 Å². The molecule has 0 aromatic rings. The molecule has 0 heterocycles. The fourth-order valence-electron chi connectivity index (χ4n) is 4.19. The van der Waals surface area contributed by atoms with Crippen LogP contribution < -0.4 is 5.32 Å². The number of hydrogen-bond donors (Lipinski definition) is 1. The van der Waals surface area contributed by atoms with Crippen molar-refractivity contribution in [3.05, 3.63) is 35.0 Å². The standard InChI is InChI=1S/C29H49ClN2O3/c1-3-35-29(34)20-15-13-11-9-7-5-4-6-8-10-12-14-16-24-31-25-23-28(33)32(2)27-19-17-18-26(30)21-22-27/h17-18,21-22,31H,3-16,19-20,23-25H2,1-2H3. The van der Waals surface area contributed by atoms with E-state index < -0.39 is 0 Å². The summed E-state index contributed by atoms with van der Waals surface area (Å²) in [5, 5.41) is 4.10. The largest absolute Gasteiger partial charge is 0.466 e. The highest BCUT2D eigenvalue weighted by Gasteiger charge is 2.12. The molecule has 0 atom stereocenters. The normalized spacial score (nSPS) is 13.2. The van der Waals surface area contributed by atoms with Crippen LogP contribution in [0.15, 0.2) is 35.0 Å². The molecule has 1 rings (SSSR count). The third kappa shape index (κ3) is 17.5. The Balaban J connectivity index is 1.83. The van der Waals surface area contributed by atoms with Gasteiger partial charge in [0.1, 0.15) is 0 Å². The topological polar surface area (TPSA) is 58.6 Å². The number of nitrogens with zero attached hydrogens (tertiary/aromatic N) is 1. The van der Waals surface area contributed by atoms with Crippen molar-refractivity contribution >= 4 is 23.5 Å². The summed E-state index contributed by atoms with van der Waals surface area (Å²) < 4.78 is 4.95. The first-order valence-electron chi connectivity index (χ1n) is 13.9. The number of allylic oxidation sites excluding steroid dienone is 5. The van der Waals surface area contributed by atoms with Crippen molar-refractivity contribution in [2.45, 2.75) is 110 Å². The third-order valence-electron chi connectivity index (χ3n) is 6.40. The molecule has 0 unspecified atom stereocenters. The SMILES string of the molecule is CCOC(=O)CCCCCCCCCCCCCCCNCCC(=O)N(C)C1=CC=C(Cl)C=CC1. The van der Waals surface area contributed by atoms with Crippen molar-refractivity contribution in [2.24, 2.45) is 0 Å². The molecule has 0 fully saturated rings. The molecular weight excluding hydrogens is 460 g/mol. The molecule has 0 aliphatic heterocycles. The van der Waals surface area contributed by atoms with Crippen molar-refractivity contribution in [3.63, 3.8) is 0 Å². The maximum Gasteiger partial charge on any atom is 0.305 e. The van der Waals surface area contributed by atoms with Gasteiger partial charge in [-0.2, -0.15) is 0 Å². The van der Waals surface area contributed by atoms with Crippen LogP contribution in [0.5, 0.6) is 0 Å². The van der Waals surface area contributed by atoms with Crippen molar-refractivity contribution in [2.75, 3.05) is 26.7 Å². The average molecular weight is 509 g/mol. The Morgan fingerprint density at radius 2 is 1.43 bits per heavy atom. The van der Waals surface area contributed by atoms with Crippen LogP contribution in [-0.4, -0.2) is 43.5 Å². The molecule has 1 N–H and O–H groups in total. The van der Waals surface area contributed by atoms with Gasteiger partial charge in [0.25, 0.3) is 0 Å². The number of carbonyl (C=O) groups is 2. The first-order valence-corrected chi connectivity index (χ1v) is 14.3. The highest BCUT2D eigenvalue weighted by atomic mass is 35.5. The van der Waals surface area contributed by atoms with E-state index in [2.05, 4.69) is 5.32 Å². The number of unbranched alkanes of at least 4 members (excludes halogenated alkanes) is 12. The van der Waals surface area contributed by atoms with Gasteiger partial charge in [-0.3, -0.25) is 9.59 Å². The number of carbonyl (C=O) groups excluding carboxylic acids is 2. The third-order valence-corrected chi connectivity index (χ3v) is 6.65. The zero-order valence-corrected chi connectivity index (χ0v) is 23.1. The van der Waals surface area contributed by atoms with E-state index in [4.69, 9.17) is 16.3 Å². The predicted molar refractivity (Wildman–Crippen MR) is 147 cm³/mol. The molecule has 0 saturated carbocycles. The Kier molecular flexibility index (Phi) is 19.5. The summed E-state index contributed by atoms with van der Waals surface area (Å²) in [7, 11) is 1.84. The monoisotopic (exact) mass is 508 g/mol.